The minimum absolute atomic E-state index is 0.163. The molecule has 3 heteroatoms. The summed E-state index contributed by atoms with van der Waals surface area (Å²) in [6.07, 6.45) is 6.79. The van der Waals surface area contributed by atoms with Crippen LogP contribution >= 0.6 is 0 Å². The van der Waals surface area contributed by atoms with Gasteiger partial charge in [0, 0.05) is 12.5 Å². The van der Waals surface area contributed by atoms with Gasteiger partial charge in [0.25, 0.3) is 0 Å². The van der Waals surface area contributed by atoms with E-state index in [-0.39, 0.29) is 11.5 Å². The number of piperidine rings is 1. The zero-order chi connectivity index (χ0) is 8.44. The summed E-state index contributed by atoms with van der Waals surface area (Å²) in [7, 11) is 0. The molecule has 0 radical (unpaired) electrons. The minimum Gasteiger partial charge on any atom is -0.480 e. The normalized spacial score (nSPS) is 35.2. The number of carbonyl (C=O) groups excluding carboxylic acids is 1. The third kappa shape index (κ3) is 1.37. The largest absolute Gasteiger partial charge is 0.480 e. The lowest BCUT2D eigenvalue weighted by atomic mass is 9.94. The van der Waals surface area contributed by atoms with Gasteiger partial charge < -0.3 is 4.74 Å². The maximum absolute atomic E-state index is 11.1. The van der Waals surface area contributed by atoms with Gasteiger partial charge in [-0.15, -0.1) is 0 Å². The number of hydrogen-bond donors (Lipinski definition) is 1. The molecule has 0 aromatic carbocycles. The van der Waals surface area contributed by atoms with Crippen molar-refractivity contribution in [2.45, 2.75) is 31.4 Å². The van der Waals surface area contributed by atoms with E-state index in [4.69, 9.17) is 4.74 Å². The lowest BCUT2D eigenvalue weighted by Crippen LogP contribution is -2.52. The van der Waals surface area contributed by atoms with Crippen LogP contribution in [0.5, 0.6) is 0 Å². The van der Waals surface area contributed by atoms with E-state index in [2.05, 4.69) is 5.32 Å². The predicted molar refractivity (Wildman–Crippen MR) is 44.4 cm³/mol. The van der Waals surface area contributed by atoms with Crippen molar-refractivity contribution in [3.63, 3.8) is 0 Å². The first-order valence-electron chi connectivity index (χ1n) is 4.43. The fourth-order valence-electron chi connectivity index (χ4n) is 1.81. The Balaban J connectivity index is 2.09. The molecule has 1 spiro atoms. The molecule has 0 saturated carbocycles. The minimum atomic E-state index is -0.357. The first kappa shape index (κ1) is 7.80. The number of allylic oxidation sites excluding steroid dienone is 1. The van der Waals surface area contributed by atoms with E-state index in [0.717, 1.165) is 19.4 Å². The van der Waals surface area contributed by atoms with Crippen LogP contribution in [0.4, 0.5) is 0 Å². The average molecular weight is 167 g/mol. The number of hydrogen-bond acceptors (Lipinski definition) is 3. The Morgan fingerprint density at radius 1 is 1.50 bits per heavy atom. The Kier molecular flexibility index (Phi) is 1.89. The Labute approximate surface area is 71.8 Å². The van der Waals surface area contributed by atoms with Crippen LogP contribution in [0.3, 0.4) is 0 Å². The van der Waals surface area contributed by atoms with Crippen LogP contribution in [-0.2, 0) is 9.53 Å². The number of nitrogens with one attached hydrogen (secondary N) is 1. The summed E-state index contributed by atoms with van der Waals surface area (Å²) >= 11 is 0. The molecule has 1 N–H and O–H groups in total. The second kappa shape index (κ2) is 2.90. The number of rotatable bonds is 0. The van der Waals surface area contributed by atoms with Gasteiger partial charge in [-0.05, 0) is 19.4 Å². The van der Waals surface area contributed by atoms with E-state index >= 15 is 0 Å². The third-order valence-corrected chi connectivity index (χ3v) is 2.46. The van der Waals surface area contributed by atoms with Crippen molar-refractivity contribution in [1.29, 1.82) is 0 Å². The zero-order valence-electron chi connectivity index (χ0n) is 7.01. The quantitative estimate of drug-likeness (QED) is 0.584. The molecule has 1 unspecified atom stereocenters. The lowest BCUT2D eigenvalue weighted by molar-refractivity contribution is -0.126. The van der Waals surface area contributed by atoms with E-state index in [1.165, 1.54) is 18.8 Å². The molecule has 2 rings (SSSR count). The van der Waals surface area contributed by atoms with E-state index < -0.39 is 0 Å². The van der Waals surface area contributed by atoms with Gasteiger partial charge in [0.05, 0.1) is 12.7 Å². The molecule has 0 aromatic heterocycles. The highest BCUT2D eigenvalue weighted by Gasteiger charge is 2.36. The molecule has 66 valence electrons. The lowest BCUT2D eigenvalue weighted by Gasteiger charge is -2.38. The third-order valence-electron chi connectivity index (χ3n) is 2.46. The van der Waals surface area contributed by atoms with Crippen LogP contribution in [0.2, 0.25) is 0 Å². The molecule has 3 nitrogen and oxygen atoms in total. The Morgan fingerprint density at radius 2 is 2.42 bits per heavy atom. The van der Waals surface area contributed by atoms with Gasteiger partial charge in [0.1, 0.15) is 0 Å². The average Bonchev–Trinajstić information content (AvgIpc) is 2.05. The Hall–Kier alpha value is -0.830. The topological polar surface area (TPSA) is 38.3 Å². The van der Waals surface area contributed by atoms with E-state index in [1.807, 2.05) is 0 Å². The standard InChI is InChI=1S/C9H13NO2/c11-8-3-6-12-9(7-8)4-1-2-5-10-9/h3,6,10H,1-2,4-5,7H2. The second-order valence-electron chi connectivity index (χ2n) is 3.44. The summed E-state index contributed by atoms with van der Waals surface area (Å²) in [5.74, 6) is 0.163. The van der Waals surface area contributed by atoms with Crippen LogP contribution in [-0.4, -0.2) is 18.1 Å². The zero-order valence-corrected chi connectivity index (χ0v) is 7.01. The van der Waals surface area contributed by atoms with Crippen molar-refractivity contribution in [2.24, 2.45) is 0 Å². The number of ether oxygens (including phenoxy) is 1. The molecule has 2 aliphatic heterocycles. The van der Waals surface area contributed by atoms with Gasteiger partial charge in [-0.2, -0.15) is 0 Å². The molecule has 12 heavy (non-hydrogen) atoms. The smallest absolute Gasteiger partial charge is 0.167 e. The molecule has 1 atom stereocenters. The van der Waals surface area contributed by atoms with Gasteiger partial charge in [0.2, 0.25) is 0 Å². The highest BCUT2D eigenvalue weighted by Crippen LogP contribution is 2.27. The second-order valence-corrected chi connectivity index (χ2v) is 3.44. The maximum Gasteiger partial charge on any atom is 0.167 e. The van der Waals surface area contributed by atoms with E-state index in [1.54, 1.807) is 0 Å². The van der Waals surface area contributed by atoms with Gasteiger partial charge in [-0.25, -0.2) is 0 Å². The van der Waals surface area contributed by atoms with Crippen molar-refractivity contribution in [2.75, 3.05) is 6.54 Å². The van der Waals surface area contributed by atoms with Crippen molar-refractivity contribution in [1.82, 2.24) is 5.32 Å². The van der Waals surface area contributed by atoms with Crippen molar-refractivity contribution in [3.05, 3.63) is 12.3 Å². The van der Waals surface area contributed by atoms with Gasteiger partial charge in [-0.1, -0.05) is 0 Å². The molecule has 2 aliphatic rings. The molecule has 1 saturated heterocycles. The van der Waals surface area contributed by atoms with Crippen molar-refractivity contribution < 1.29 is 9.53 Å². The van der Waals surface area contributed by atoms with Gasteiger partial charge in [0.15, 0.2) is 11.5 Å². The van der Waals surface area contributed by atoms with Gasteiger partial charge >= 0.3 is 0 Å². The Bertz CT molecular complexity index is 217. The van der Waals surface area contributed by atoms with Crippen LogP contribution in [0, 0.1) is 0 Å². The molecule has 2 heterocycles. The van der Waals surface area contributed by atoms with Crippen LogP contribution in [0.1, 0.15) is 25.7 Å². The summed E-state index contributed by atoms with van der Waals surface area (Å²) in [4.78, 5) is 11.1. The predicted octanol–water partition coefficient (Wildman–Crippen LogP) is 0.959. The highest BCUT2D eigenvalue weighted by molar-refractivity contribution is 5.90. The molecule has 0 amide bonds. The summed E-state index contributed by atoms with van der Waals surface area (Å²) in [6, 6.07) is 0. The van der Waals surface area contributed by atoms with Gasteiger partial charge in [-0.3, -0.25) is 10.1 Å². The molecular formula is C9H13NO2. The molecule has 0 aliphatic carbocycles. The molecule has 0 aromatic rings. The van der Waals surface area contributed by atoms with Crippen LogP contribution in [0.15, 0.2) is 12.3 Å². The van der Waals surface area contributed by atoms with Crippen molar-refractivity contribution >= 4 is 5.78 Å². The van der Waals surface area contributed by atoms with Crippen LogP contribution < -0.4 is 5.32 Å². The van der Waals surface area contributed by atoms with Crippen LogP contribution in [0.25, 0.3) is 0 Å². The molecular weight excluding hydrogens is 154 g/mol. The number of carbonyl (C=O) groups is 1. The summed E-state index contributed by atoms with van der Waals surface area (Å²) in [6.45, 7) is 0.959. The maximum atomic E-state index is 11.1. The highest BCUT2D eigenvalue weighted by atomic mass is 16.5. The summed E-state index contributed by atoms with van der Waals surface area (Å²) in [5.41, 5.74) is -0.357. The fraction of sp³-hybridized carbons (Fsp3) is 0.667. The molecule has 0 bridgehead atoms. The van der Waals surface area contributed by atoms with E-state index in [9.17, 15) is 4.79 Å². The first-order valence-corrected chi connectivity index (χ1v) is 4.43. The van der Waals surface area contributed by atoms with E-state index in [0.29, 0.717) is 6.42 Å². The fourth-order valence-corrected chi connectivity index (χ4v) is 1.81. The molecule has 1 fully saturated rings. The SMILES string of the molecule is O=C1C=COC2(CCCCN2)C1. The van der Waals surface area contributed by atoms with Crippen molar-refractivity contribution in [3.8, 4) is 0 Å². The Morgan fingerprint density at radius 3 is 3.08 bits per heavy atom. The first-order chi connectivity index (χ1) is 5.81. The summed E-state index contributed by atoms with van der Waals surface area (Å²) < 4.78 is 5.46. The summed E-state index contributed by atoms with van der Waals surface area (Å²) in [5, 5.41) is 3.27. The number of ketones is 1. The monoisotopic (exact) mass is 167 g/mol.